The molecule has 0 aliphatic heterocycles. The molecule has 0 aliphatic carbocycles. The maximum atomic E-state index is 9.63. The number of fused-ring (bicyclic) bond motifs is 2. The van der Waals surface area contributed by atoms with E-state index in [1.807, 2.05) is 0 Å². The van der Waals surface area contributed by atoms with E-state index in [1.165, 1.54) is 21.5 Å². The van der Waals surface area contributed by atoms with Crippen LogP contribution in [-0.4, -0.2) is 34.4 Å². The molecule has 4 aromatic rings. The van der Waals surface area contributed by atoms with E-state index in [0.717, 1.165) is 13.1 Å². The van der Waals surface area contributed by atoms with Crippen molar-refractivity contribution in [3.63, 3.8) is 0 Å². The Hall–Kier alpha value is -3.88. The molecule has 2 aromatic carbocycles. The predicted molar refractivity (Wildman–Crippen MR) is 122 cm³/mol. The van der Waals surface area contributed by atoms with Gasteiger partial charge in [0, 0.05) is 22.9 Å². The third-order valence-corrected chi connectivity index (χ3v) is 5.01. The van der Waals surface area contributed by atoms with Gasteiger partial charge < -0.3 is 30.0 Å². The lowest BCUT2D eigenvalue weighted by Crippen LogP contribution is -2.51. The van der Waals surface area contributed by atoms with Crippen molar-refractivity contribution in [3.8, 4) is 0 Å². The van der Waals surface area contributed by atoms with Crippen LogP contribution in [0.1, 0.15) is 13.8 Å². The molecule has 0 fully saturated rings. The smallest absolute Gasteiger partial charge is 0.176 e. The van der Waals surface area contributed by atoms with Gasteiger partial charge >= 0.3 is 0 Å². The van der Waals surface area contributed by atoms with Gasteiger partial charge in [0.05, 0.1) is 11.9 Å². The molecule has 2 aromatic heterocycles. The second kappa shape index (κ2) is 13.0. The lowest BCUT2D eigenvalue weighted by atomic mass is 10.2. The molecule has 0 saturated carbocycles. The number of nitrogens with zero attached hydrogens (tertiary/aromatic N) is 2. The zero-order valence-corrected chi connectivity index (χ0v) is 19.1. The summed E-state index contributed by atoms with van der Waals surface area (Å²) in [4.78, 5) is 19.3. The molecular weight excluding hydrogens is 436 g/mol. The minimum absolute atomic E-state index is 1.03. The Labute approximate surface area is 197 Å². The van der Waals surface area contributed by atoms with E-state index in [4.69, 9.17) is 10.2 Å². The number of carboxylic acids is 2. The number of benzene rings is 2. The average Bonchev–Trinajstić information content (AvgIpc) is 2.87. The van der Waals surface area contributed by atoms with E-state index in [1.54, 1.807) is 0 Å². The first-order chi connectivity index (χ1) is 16.3. The number of carboxylic acid groups (broad SMARTS) is 2. The highest BCUT2D eigenvalue weighted by atomic mass is 16.4. The topological polar surface area (TPSA) is 128 Å². The molecule has 2 heterocycles. The second-order valence-electron chi connectivity index (χ2n) is 7.34. The summed E-state index contributed by atoms with van der Waals surface area (Å²) in [5.74, 6) is -4.12. The standard InChI is InChI=1S/2C11H12N.C4H6O6/c2*1-2-12-8-7-10-5-3-4-6-11(10)9-12;5-1(3(7)8)2(6)4(9)10/h2*3-9H,2H2,1H3;1-2,5-6H,(H,7,8)(H,9,10)/q2*+1;/p-2. The summed E-state index contributed by atoms with van der Waals surface area (Å²) < 4.78 is 4.37. The minimum Gasteiger partial charge on any atom is -0.547 e. The number of carbonyl (C=O) groups is 2. The van der Waals surface area contributed by atoms with Gasteiger partial charge in [-0.05, 0) is 36.8 Å². The van der Waals surface area contributed by atoms with Gasteiger partial charge in [-0.25, -0.2) is 9.13 Å². The number of aryl methyl sites for hydroxylation is 2. The Kier molecular flexibility index (Phi) is 10.1. The molecule has 0 bridgehead atoms. The van der Waals surface area contributed by atoms with E-state index in [0.29, 0.717) is 0 Å². The van der Waals surface area contributed by atoms with Gasteiger partial charge in [-0.1, -0.05) is 36.4 Å². The van der Waals surface area contributed by atoms with Crippen LogP contribution in [0, 0.1) is 0 Å². The van der Waals surface area contributed by atoms with Crippen LogP contribution < -0.4 is 19.3 Å². The SMILES string of the molecule is CC[n+]1ccc2ccccc2c1.CC[n+]1ccc2ccccc2c1.O=C([O-])C(O)C(O)C(=O)[O-]. The van der Waals surface area contributed by atoms with Crippen LogP contribution in [0.15, 0.2) is 85.5 Å². The van der Waals surface area contributed by atoms with Gasteiger partial charge in [-0.2, -0.15) is 0 Å². The molecule has 0 radical (unpaired) electrons. The van der Waals surface area contributed by atoms with Crippen LogP contribution in [-0.2, 0) is 22.7 Å². The molecule has 4 rings (SSSR count). The first kappa shape index (κ1) is 26.4. The molecule has 178 valence electrons. The van der Waals surface area contributed by atoms with Gasteiger partial charge in [-0.3, -0.25) is 0 Å². The van der Waals surface area contributed by atoms with Crippen LogP contribution in [0.5, 0.6) is 0 Å². The Morgan fingerprint density at radius 3 is 1.29 bits per heavy atom. The lowest BCUT2D eigenvalue weighted by molar-refractivity contribution is -0.692. The van der Waals surface area contributed by atoms with Gasteiger partial charge in [0.15, 0.2) is 24.8 Å². The number of aromatic nitrogens is 2. The normalized spacial score (nSPS) is 12.0. The highest BCUT2D eigenvalue weighted by Crippen LogP contribution is 2.10. The number of aliphatic hydroxyl groups is 2. The van der Waals surface area contributed by atoms with Crippen molar-refractivity contribution in [2.24, 2.45) is 0 Å². The largest absolute Gasteiger partial charge is 0.547 e. The number of hydrogen-bond donors (Lipinski definition) is 2. The quantitative estimate of drug-likeness (QED) is 0.383. The van der Waals surface area contributed by atoms with Gasteiger partial charge in [0.25, 0.3) is 0 Å². The van der Waals surface area contributed by atoms with Gasteiger partial charge in [-0.15, -0.1) is 0 Å². The maximum absolute atomic E-state index is 9.63. The Balaban J connectivity index is 0.000000182. The van der Waals surface area contributed by atoms with Crippen LogP contribution in [0.3, 0.4) is 0 Å². The van der Waals surface area contributed by atoms with Crippen LogP contribution >= 0.6 is 0 Å². The zero-order chi connectivity index (χ0) is 25.1. The van der Waals surface area contributed by atoms with Gasteiger partial charge in [0.1, 0.15) is 25.3 Å². The molecule has 0 aliphatic rings. The minimum atomic E-state index is -2.44. The van der Waals surface area contributed by atoms with Crippen molar-refractivity contribution in [2.45, 2.75) is 39.1 Å². The number of rotatable bonds is 5. The van der Waals surface area contributed by atoms with E-state index >= 15 is 0 Å². The molecule has 8 nitrogen and oxygen atoms in total. The summed E-state index contributed by atoms with van der Waals surface area (Å²) in [6, 6.07) is 21.1. The van der Waals surface area contributed by atoms with Crippen LogP contribution in [0.25, 0.3) is 21.5 Å². The van der Waals surface area contributed by atoms with Crippen LogP contribution in [0.2, 0.25) is 0 Å². The zero-order valence-electron chi connectivity index (χ0n) is 19.1. The van der Waals surface area contributed by atoms with E-state index in [-0.39, 0.29) is 0 Å². The van der Waals surface area contributed by atoms with Gasteiger partial charge in [0.2, 0.25) is 0 Å². The third-order valence-electron chi connectivity index (χ3n) is 5.01. The number of aliphatic hydroxyl groups excluding tert-OH is 2. The molecule has 2 unspecified atom stereocenters. The summed E-state index contributed by atoms with van der Waals surface area (Å²) in [7, 11) is 0. The summed E-state index contributed by atoms with van der Waals surface area (Å²) in [6.07, 6.45) is 3.70. The third kappa shape index (κ3) is 7.61. The number of aliphatic carboxylic acids is 2. The highest BCUT2D eigenvalue weighted by Gasteiger charge is 2.17. The molecule has 0 saturated heterocycles. The van der Waals surface area contributed by atoms with Crippen molar-refractivity contribution in [1.29, 1.82) is 0 Å². The fourth-order valence-electron chi connectivity index (χ4n) is 3.01. The predicted octanol–water partition coefficient (Wildman–Crippen LogP) is -0.498. The molecule has 2 atom stereocenters. The number of hydrogen-bond acceptors (Lipinski definition) is 6. The Morgan fingerprint density at radius 1 is 0.676 bits per heavy atom. The van der Waals surface area contributed by atoms with Crippen molar-refractivity contribution in [2.75, 3.05) is 0 Å². The number of carbonyl (C=O) groups excluding carboxylic acids is 2. The van der Waals surface area contributed by atoms with Crippen molar-refractivity contribution >= 4 is 33.5 Å². The highest BCUT2D eigenvalue weighted by molar-refractivity contribution is 5.81. The molecule has 0 amide bonds. The van der Waals surface area contributed by atoms with Crippen molar-refractivity contribution in [1.82, 2.24) is 0 Å². The monoisotopic (exact) mass is 464 g/mol. The fraction of sp³-hybridized carbons (Fsp3) is 0.231. The second-order valence-corrected chi connectivity index (χ2v) is 7.34. The lowest BCUT2D eigenvalue weighted by Gasteiger charge is -2.18. The fourth-order valence-corrected chi connectivity index (χ4v) is 3.01. The first-order valence-corrected chi connectivity index (χ1v) is 10.8. The summed E-state index contributed by atoms with van der Waals surface area (Å²) in [5.41, 5.74) is 0. The van der Waals surface area contributed by atoms with Crippen molar-refractivity contribution < 1.29 is 39.1 Å². The van der Waals surface area contributed by atoms with E-state index < -0.39 is 24.1 Å². The summed E-state index contributed by atoms with van der Waals surface area (Å²) in [6.45, 7) is 6.36. The first-order valence-electron chi connectivity index (χ1n) is 10.8. The summed E-state index contributed by atoms with van der Waals surface area (Å²) in [5, 5.41) is 41.0. The summed E-state index contributed by atoms with van der Waals surface area (Å²) >= 11 is 0. The molecule has 0 spiro atoms. The van der Waals surface area contributed by atoms with Crippen molar-refractivity contribution in [3.05, 3.63) is 85.5 Å². The maximum Gasteiger partial charge on any atom is 0.176 e. The van der Waals surface area contributed by atoms with E-state index in [9.17, 15) is 19.8 Å². The van der Waals surface area contributed by atoms with E-state index in [2.05, 4.69) is 108 Å². The number of pyridine rings is 2. The Morgan fingerprint density at radius 2 is 1.00 bits per heavy atom. The molecular formula is C26H28N2O6. The molecule has 8 heteroatoms. The average molecular weight is 465 g/mol. The molecule has 34 heavy (non-hydrogen) atoms. The van der Waals surface area contributed by atoms with Crippen LogP contribution in [0.4, 0.5) is 0 Å². The molecule has 2 N–H and O–H groups in total. The Bertz CT molecular complexity index is 1150.